The summed E-state index contributed by atoms with van der Waals surface area (Å²) < 4.78 is 0. The molecule has 21 heavy (non-hydrogen) atoms. The second kappa shape index (κ2) is 5.68. The zero-order valence-electron chi connectivity index (χ0n) is 11.7. The Kier molecular flexibility index (Phi) is 3.73. The molecule has 1 fully saturated rings. The lowest BCUT2D eigenvalue weighted by Crippen LogP contribution is -2.53. The van der Waals surface area contributed by atoms with Gasteiger partial charge in [0.1, 0.15) is 6.04 Å². The summed E-state index contributed by atoms with van der Waals surface area (Å²) in [4.78, 5) is 35.3. The standard InChI is InChI=1S/C16H18N2O3/c19-14-9-8-13(16(21)18-14)17-15(20)12-7-3-5-10-4-1-2-6-11(10)12/h1-2,4,6,12-13H,3,5,7-9H2,(H,17,20)(H,18,19,21)/t12-,13-/m1/s1. The first-order valence-corrected chi connectivity index (χ1v) is 7.37. The van der Waals surface area contributed by atoms with Crippen molar-refractivity contribution in [1.82, 2.24) is 10.6 Å². The minimum absolute atomic E-state index is 0.114. The Bertz CT molecular complexity index is 597. The average molecular weight is 286 g/mol. The van der Waals surface area contributed by atoms with Crippen molar-refractivity contribution in [2.24, 2.45) is 0 Å². The maximum absolute atomic E-state index is 12.5. The lowest BCUT2D eigenvalue weighted by molar-refractivity contribution is -0.137. The van der Waals surface area contributed by atoms with Gasteiger partial charge in [-0.05, 0) is 36.8 Å². The highest BCUT2D eigenvalue weighted by atomic mass is 16.2. The van der Waals surface area contributed by atoms with Crippen LogP contribution in [0.3, 0.4) is 0 Å². The van der Waals surface area contributed by atoms with Crippen LogP contribution in [0.15, 0.2) is 24.3 Å². The van der Waals surface area contributed by atoms with Crippen LogP contribution in [0.4, 0.5) is 0 Å². The molecule has 5 nitrogen and oxygen atoms in total. The quantitative estimate of drug-likeness (QED) is 0.797. The molecule has 5 heteroatoms. The molecule has 1 aromatic rings. The van der Waals surface area contributed by atoms with Gasteiger partial charge >= 0.3 is 0 Å². The zero-order chi connectivity index (χ0) is 14.8. The molecule has 2 atom stereocenters. The number of piperidine rings is 1. The van der Waals surface area contributed by atoms with E-state index in [1.165, 1.54) is 5.56 Å². The van der Waals surface area contributed by atoms with Gasteiger partial charge in [0.05, 0.1) is 5.92 Å². The monoisotopic (exact) mass is 286 g/mol. The molecule has 0 spiro atoms. The molecule has 0 saturated carbocycles. The van der Waals surface area contributed by atoms with Crippen molar-refractivity contribution in [3.8, 4) is 0 Å². The Hall–Kier alpha value is -2.17. The van der Waals surface area contributed by atoms with E-state index in [4.69, 9.17) is 0 Å². The third kappa shape index (κ3) is 2.82. The second-order valence-corrected chi connectivity index (χ2v) is 5.66. The van der Waals surface area contributed by atoms with E-state index in [-0.39, 0.29) is 24.2 Å². The second-order valence-electron chi connectivity index (χ2n) is 5.66. The van der Waals surface area contributed by atoms with Crippen molar-refractivity contribution in [2.45, 2.75) is 44.1 Å². The van der Waals surface area contributed by atoms with Gasteiger partial charge in [-0.3, -0.25) is 19.7 Å². The number of aryl methyl sites for hydroxylation is 1. The highest BCUT2D eigenvalue weighted by Gasteiger charge is 2.32. The van der Waals surface area contributed by atoms with Crippen molar-refractivity contribution in [1.29, 1.82) is 0 Å². The van der Waals surface area contributed by atoms with Gasteiger partial charge < -0.3 is 5.32 Å². The number of nitrogens with one attached hydrogen (secondary N) is 2. The molecule has 1 aromatic carbocycles. The fraction of sp³-hybridized carbons (Fsp3) is 0.438. The molecule has 0 bridgehead atoms. The van der Waals surface area contributed by atoms with Gasteiger partial charge in [-0.25, -0.2) is 0 Å². The van der Waals surface area contributed by atoms with Gasteiger partial charge in [0.15, 0.2) is 0 Å². The van der Waals surface area contributed by atoms with Gasteiger partial charge in [0.2, 0.25) is 17.7 Å². The lowest BCUT2D eigenvalue weighted by atomic mass is 9.82. The number of hydrogen-bond acceptors (Lipinski definition) is 3. The Morgan fingerprint density at radius 2 is 1.95 bits per heavy atom. The number of imide groups is 1. The van der Waals surface area contributed by atoms with E-state index in [1.54, 1.807) is 0 Å². The Morgan fingerprint density at radius 1 is 1.14 bits per heavy atom. The van der Waals surface area contributed by atoms with Crippen molar-refractivity contribution in [3.05, 3.63) is 35.4 Å². The van der Waals surface area contributed by atoms with Crippen LogP contribution in [0.25, 0.3) is 0 Å². The number of carbonyl (C=O) groups excluding carboxylic acids is 3. The molecule has 0 aromatic heterocycles. The third-order valence-corrected chi connectivity index (χ3v) is 4.24. The minimum Gasteiger partial charge on any atom is -0.344 e. The summed E-state index contributed by atoms with van der Waals surface area (Å²) in [5.74, 6) is -0.978. The van der Waals surface area contributed by atoms with Crippen LogP contribution < -0.4 is 10.6 Å². The third-order valence-electron chi connectivity index (χ3n) is 4.24. The topological polar surface area (TPSA) is 75.3 Å². The predicted octanol–water partition coefficient (Wildman–Crippen LogP) is 1.03. The Morgan fingerprint density at radius 3 is 2.76 bits per heavy atom. The molecule has 0 unspecified atom stereocenters. The van der Waals surface area contributed by atoms with Gasteiger partial charge in [-0.1, -0.05) is 24.3 Å². The molecule has 2 N–H and O–H groups in total. The van der Waals surface area contributed by atoms with Crippen molar-refractivity contribution in [2.75, 3.05) is 0 Å². The number of hydrogen-bond donors (Lipinski definition) is 2. The van der Waals surface area contributed by atoms with Gasteiger partial charge in [0.25, 0.3) is 0 Å². The summed E-state index contributed by atoms with van der Waals surface area (Å²) in [5.41, 5.74) is 2.28. The number of fused-ring (bicyclic) bond motifs is 1. The summed E-state index contributed by atoms with van der Waals surface area (Å²) in [6.07, 6.45) is 3.43. The largest absolute Gasteiger partial charge is 0.344 e. The highest BCUT2D eigenvalue weighted by Crippen LogP contribution is 2.31. The number of carbonyl (C=O) groups is 3. The first-order valence-electron chi connectivity index (χ1n) is 7.37. The minimum atomic E-state index is -0.593. The maximum Gasteiger partial charge on any atom is 0.249 e. The molecule has 1 aliphatic heterocycles. The van der Waals surface area contributed by atoms with Gasteiger partial charge in [-0.15, -0.1) is 0 Å². The molecule has 110 valence electrons. The summed E-state index contributed by atoms with van der Waals surface area (Å²) in [6, 6.07) is 7.38. The van der Waals surface area contributed by atoms with Gasteiger partial charge in [-0.2, -0.15) is 0 Å². The fourth-order valence-corrected chi connectivity index (χ4v) is 3.13. The maximum atomic E-state index is 12.5. The van der Waals surface area contributed by atoms with E-state index >= 15 is 0 Å². The molecule has 1 saturated heterocycles. The SMILES string of the molecule is O=C1CC[C@@H](NC(=O)[C@@H]2CCCc3ccccc32)C(=O)N1. The van der Waals surface area contributed by atoms with Crippen molar-refractivity contribution < 1.29 is 14.4 Å². The zero-order valence-corrected chi connectivity index (χ0v) is 11.7. The molecule has 1 aliphatic carbocycles. The van der Waals surface area contributed by atoms with Gasteiger partial charge in [0, 0.05) is 6.42 Å². The van der Waals surface area contributed by atoms with Crippen LogP contribution in [-0.2, 0) is 20.8 Å². The van der Waals surface area contributed by atoms with E-state index in [2.05, 4.69) is 16.7 Å². The average Bonchev–Trinajstić information content (AvgIpc) is 2.49. The predicted molar refractivity (Wildman–Crippen MR) is 76.4 cm³/mol. The highest BCUT2D eigenvalue weighted by molar-refractivity contribution is 6.02. The number of amides is 3. The van der Waals surface area contributed by atoms with Crippen molar-refractivity contribution in [3.63, 3.8) is 0 Å². The van der Waals surface area contributed by atoms with Crippen LogP contribution in [0.2, 0.25) is 0 Å². The lowest BCUT2D eigenvalue weighted by Gasteiger charge is -2.28. The smallest absolute Gasteiger partial charge is 0.249 e. The van der Waals surface area contributed by atoms with E-state index in [0.29, 0.717) is 6.42 Å². The fourth-order valence-electron chi connectivity index (χ4n) is 3.13. The normalized spacial score (nSPS) is 25.0. The molecule has 3 amide bonds. The van der Waals surface area contributed by atoms with Crippen LogP contribution >= 0.6 is 0 Å². The number of rotatable bonds is 2. The van der Waals surface area contributed by atoms with Crippen LogP contribution in [-0.4, -0.2) is 23.8 Å². The molecule has 1 heterocycles. The van der Waals surface area contributed by atoms with E-state index in [0.717, 1.165) is 24.8 Å². The van der Waals surface area contributed by atoms with E-state index in [9.17, 15) is 14.4 Å². The first-order chi connectivity index (χ1) is 10.1. The summed E-state index contributed by atoms with van der Waals surface area (Å²) >= 11 is 0. The summed E-state index contributed by atoms with van der Waals surface area (Å²) in [5, 5.41) is 5.06. The summed E-state index contributed by atoms with van der Waals surface area (Å²) in [7, 11) is 0. The number of benzene rings is 1. The Balaban J connectivity index is 1.72. The first kappa shape index (κ1) is 13.8. The molecule has 0 radical (unpaired) electrons. The summed E-state index contributed by atoms with van der Waals surface area (Å²) in [6.45, 7) is 0. The van der Waals surface area contributed by atoms with Crippen LogP contribution in [0, 0.1) is 0 Å². The Labute approximate surface area is 123 Å². The van der Waals surface area contributed by atoms with E-state index < -0.39 is 11.9 Å². The molecular formula is C16H18N2O3. The molecular weight excluding hydrogens is 268 g/mol. The van der Waals surface area contributed by atoms with Crippen LogP contribution in [0.1, 0.15) is 42.7 Å². The molecule has 3 rings (SSSR count). The van der Waals surface area contributed by atoms with Crippen molar-refractivity contribution >= 4 is 17.7 Å². The van der Waals surface area contributed by atoms with E-state index in [1.807, 2.05) is 18.2 Å². The molecule has 2 aliphatic rings. The van der Waals surface area contributed by atoms with Crippen LogP contribution in [0.5, 0.6) is 0 Å².